The molecule has 9 heteroatoms. The van der Waals surface area contributed by atoms with Gasteiger partial charge >= 0.3 is 17.1 Å². The third-order valence-corrected chi connectivity index (χ3v) is 5.43. The maximum atomic E-state index is 6.04. The molecule has 1 radical (unpaired) electrons. The van der Waals surface area contributed by atoms with E-state index >= 15 is 0 Å². The van der Waals surface area contributed by atoms with Crippen LogP contribution in [0.4, 0.5) is 0 Å². The molecule has 0 amide bonds. The number of fused-ring (bicyclic) bond motifs is 1. The SMILES string of the molecule is [Cl-].[Cl-].[Cu+2].c1ccc2oc(-c3cc(-c4nccs4)nc(-c4nccs4)c3)cc2c1. The van der Waals surface area contributed by atoms with Crippen molar-refractivity contribution in [1.82, 2.24) is 15.0 Å². The summed E-state index contributed by atoms with van der Waals surface area (Å²) in [6, 6.07) is 14.1. The fourth-order valence-corrected chi connectivity index (χ4v) is 3.91. The van der Waals surface area contributed by atoms with E-state index in [0.29, 0.717) is 0 Å². The van der Waals surface area contributed by atoms with Crippen molar-refractivity contribution < 1.29 is 46.3 Å². The van der Waals surface area contributed by atoms with Crippen molar-refractivity contribution in [3.05, 3.63) is 65.6 Å². The number of aromatic nitrogens is 3. The number of hydrogen-bond donors (Lipinski definition) is 0. The number of rotatable bonds is 3. The van der Waals surface area contributed by atoms with Gasteiger partial charge in [0, 0.05) is 34.1 Å². The van der Waals surface area contributed by atoms with Gasteiger partial charge in [-0.1, -0.05) is 18.2 Å². The maximum Gasteiger partial charge on any atom is 2.00 e. The van der Waals surface area contributed by atoms with Crippen molar-refractivity contribution in [1.29, 1.82) is 0 Å². The number of para-hydroxylation sites is 1. The monoisotopic (exact) mass is 494 g/mol. The van der Waals surface area contributed by atoms with E-state index in [1.807, 2.05) is 47.2 Å². The first-order chi connectivity index (χ1) is 12.4. The topological polar surface area (TPSA) is 51.8 Å². The number of pyridine rings is 1. The Morgan fingerprint density at radius 2 is 1.39 bits per heavy atom. The van der Waals surface area contributed by atoms with Gasteiger partial charge in [-0.3, -0.25) is 0 Å². The van der Waals surface area contributed by atoms with E-state index in [1.54, 1.807) is 35.1 Å². The van der Waals surface area contributed by atoms with Crippen molar-refractivity contribution in [2.45, 2.75) is 0 Å². The third-order valence-electron chi connectivity index (χ3n) is 3.84. The molecule has 0 aliphatic carbocycles. The van der Waals surface area contributed by atoms with Crippen LogP contribution in [-0.4, -0.2) is 15.0 Å². The molecular weight excluding hydrogens is 485 g/mol. The van der Waals surface area contributed by atoms with Crippen LogP contribution >= 0.6 is 22.7 Å². The summed E-state index contributed by atoms with van der Waals surface area (Å²) < 4.78 is 6.04. The summed E-state index contributed by atoms with van der Waals surface area (Å²) in [4.78, 5) is 13.5. The normalized spacial score (nSPS) is 10.0. The molecule has 0 saturated carbocycles. The Morgan fingerprint density at radius 1 is 0.786 bits per heavy atom. The minimum Gasteiger partial charge on any atom is -1.00 e. The summed E-state index contributed by atoms with van der Waals surface area (Å²) in [6.07, 6.45) is 3.58. The van der Waals surface area contributed by atoms with E-state index in [4.69, 9.17) is 9.40 Å². The molecule has 0 fully saturated rings. The minimum absolute atomic E-state index is 0. The molecule has 1 aromatic carbocycles. The predicted molar refractivity (Wildman–Crippen MR) is 102 cm³/mol. The van der Waals surface area contributed by atoms with Crippen LogP contribution in [0.1, 0.15) is 0 Å². The first-order valence-electron chi connectivity index (χ1n) is 7.67. The molecule has 0 aliphatic heterocycles. The second-order valence-electron chi connectivity index (χ2n) is 5.45. The van der Waals surface area contributed by atoms with Crippen molar-refractivity contribution in [3.63, 3.8) is 0 Å². The molecule has 0 aliphatic rings. The molecule has 0 atom stereocenters. The molecule has 145 valence electrons. The van der Waals surface area contributed by atoms with Gasteiger partial charge < -0.3 is 29.2 Å². The third kappa shape index (κ3) is 4.30. The van der Waals surface area contributed by atoms with Gasteiger partial charge in [-0.2, -0.15) is 0 Å². The molecular formula is C19H11Cl2CuN3OS2. The minimum atomic E-state index is 0. The zero-order chi connectivity index (χ0) is 16.6. The van der Waals surface area contributed by atoms with Gasteiger partial charge in [0.05, 0.1) is 0 Å². The number of hydrogen-bond acceptors (Lipinski definition) is 6. The molecule has 5 aromatic rings. The Balaban J connectivity index is 0.000000934. The Kier molecular flexibility index (Phi) is 7.78. The van der Waals surface area contributed by atoms with E-state index in [9.17, 15) is 0 Å². The number of halogens is 2. The van der Waals surface area contributed by atoms with E-state index in [0.717, 1.165) is 43.7 Å². The van der Waals surface area contributed by atoms with E-state index < -0.39 is 0 Å². The maximum absolute atomic E-state index is 6.04. The van der Waals surface area contributed by atoms with Gasteiger partial charge in [0.1, 0.15) is 32.7 Å². The van der Waals surface area contributed by atoms with Crippen molar-refractivity contribution in [3.8, 4) is 32.7 Å². The first-order valence-corrected chi connectivity index (χ1v) is 9.43. The molecule has 0 N–H and O–H groups in total. The average molecular weight is 496 g/mol. The van der Waals surface area contributed by atoms with Crippen LogP contribution in [0.2, 0.25) is 0 Å². The van der Waals surface area contributed by atoms with E-state index in [2.05, 4.69) is 16.0 Å². The van der Waals surface area contributed by atoms with Gasteiger partial charge in [0.25, 0.3) is 0 Å². The largest absolute Gasteiger partial charge is 2.00 e. The summed E-state index contributed by atoms with van der Waals surface area (Å²) in [6.45, 7) is 0. The molecule has 0 bridgehead atoms. The standard InChI is InChI=1S/C19H11N3OS2.2ClH.Cu/c1-2-4-16-12(3-1)11-17(23-16)13-9-14(18-20-5-7-24-18)22-15(10-13)19-21-6-8-25-19;;;/h1-11H;2*1H;/q;;;+2/p-2. The van der Waals surface area contributed by atoms with Crippen LogP contribution < -0.4 is 24.8 Å². The van der Waals surface area contributed by atoms with E-state index in [-0.39, 0.29) is 41.9 Å². The van der Waals surface area contributed by atoms with Crippen LogP contribution in [0.5, 0.6) is 0 Å². The molecule has 5 rings (SSSR count). The smallest absolute Gasteiger partial charge is 1.00 e. The second kappa shape index (κ2) is 9.65. The average Bonchev–Trinajstić information content (AvgIpc) is 3.42. The Hall–Kier alpha value is -1.73. The fraction of sp³-hybridized carbons (Fsp3) is 0. The number of benzene rings is 1. The molecule has 0 spiro atoms. The van der Waals surface area contributed by atoms with Gasteiger partial charge in [-0.15, -0.1) is 22.7 Å². The Labute approximate surface area is 192 Å². The number of furan rings is 1. The Bertz CT molecular complexity index is 1080. The zero-order valence-corrected chi connectivity index (χ0v) is 18.1. The predicted octanol–water partition coefficient (Wildman–Crippen LogP) is -0.253. The van der Waals surface area contributed by atoms with Gasteiger partial charge in [0.2, 0.25) is 0 Å². The Morgan fingerprint density at radius 3 is 1.93 bits per heavy atom. The number of thiazole rings is 2. The molecule has 0 saturated heterocycles. The van der Waals surface area contributed by atoms with Gasteiger partial charge in [-0.25, -0.2) is 15.0 Å². The molecule has 28 heavy (non-hydrogen) atoms. The van der Waals surface area contributed by atoms with Crippen LogP contribution in [0, 0.1) is 0 Å². The van der Waals surface area contributed by atoms with Crippen molar-refractivity contribution in [2.75, 3.05) is 0 Å². The first kappa shape index (κ1) is 22.6. The molecule has 0 unspecified atom stereocenters. The summed E-state index contributed by atoms with van der Waals surface area (Å²) in [5, 5.41) is 6.76. The van der Waals surface area contributed by atoms with Crippen LogP contribution in [0.3, 0.4) is 0 Å². The van der Waals surface area contributed by atoms with Crippen LogP contribution in [0.15, 0.2) is 70.0 Å². The summed E-state index contributed by atoms with van der Waals surface area (Å²) in [5.41, 5.74) is 3.51. The van der Waals surface area contributed by atoms with Crippen molar-refractivity contribution in [2.24, 2.45) is 0 Å². The summed E-state index contributed by atoms with van der Waals surface area (Å²) >= 11 is 3.14. The fourth-order valence-electron chi connectivity index (χ4n) is 2.72. The zero-order valence-electron chi connectivity index (χ0n) is 14.0. The molecule has 4 nitrogen and oxygen atoms in total. The van der Waals surface area contributed by atoms with Crippen molar-refractivity contribution >= 4 is 33.6 Å². The van der Waals surface area contributed by atoms with Crippen LogP contribution in [0.25, 0.3) is 43.7 Å². The molecule has 4 heterocycles. The van der Waals surface area contributed by atoms with Gasteiger partial charge in [-0.05, 0) is 24.3 Å². The van der Waals surface area contributed by atoms with Gasteiger partial charge in [0.15, 0.2) is 0 Å². The summed E-state index contributed by atoms with van der Waals surface area (Å²) in [5.74, 6) is 0.819. The molecule has 4 aromatic heterocycles. The second-order valence-corrected chi connectivity index (χ2v) is 7.24. The van der Waals surface area contributed by atoms with Crippen LogP contribution in [-0.2, 0) is 17.1 Å². The summed E-state index contributed by atoms with van der Waals surface area (Å²) in [7, 11) is 0. The van der Waals surface area contributed by atoms with E-state index in [1.165, 1.54) is 0 Å². The quantitative estimate of drug-likeness (QED) is 0.324. The number of nitrogens with zero attached hydrogens (tertiary/aromatic N) is 3.